The molecule has 1 aromatic carbocycles. The van der Waals surface area contributed by atoms with E-state index in [1.165, 1.54) is 35.2 Å². The average Bonchev–Trinajstić information content (AvgIpc) is 2.28. The van der Waals surface area contributed by atoms with Crippen LogP contribution in [0.15, 0.2) is 30.4 Å². The molecule has 0 saturated carbocycles. The first kappa shape index (κ1) is 11.6. The highest BCUT2D eigenvalue weighted by Gasteiger charge is 2.16. The van der Waals surface area contributed by atoms with Gasteiger partial charge in [0, 0.05) is 24.5 Å². The quantitative estimate of drug-likeness (QED) is 0.619. The molecule has 1 nitrogen and oxygen atoms in total. The predicted octanol–water partition coefficient (Wildman–Crippen LogP) is 3.23. The van der Waals surface area contributed by atoms with Crippen molar-refractivity contribution in [2.75, 3.05) is 23.7 Å². The van der Waals surface area contributed by atoms with Crippen molar-refractivity contribution in [1.82, 2.24) is 0 Å². The maximum Gasteiger partial charge on any atom is 0.0401 e. The van der Waals surface area contributed by atoms with E-state index in [0.29, 0.717) is 0 Å². The lowest BCUT2D eigenvalue weighted by Crippen LogP contribution is -2.31. The molecule has 0 fully saturated rings. The van der Waals surface area contributed by atoms with Gasteiger partial charge in [0.1, 0.15) is 0 Å². The Morgan fingerprint density at radius 3 is 3.06 bits per heavy atom. The minimum atomic E-state index is 0.775. The van der Waals surface area contributed by atoms with Crippen LogP contribution in [0.5, 0.6) is 0 Å². The van der Waals surface area contributed by atoms with Gasteiger partial charge in [-0.05, 0) is 37.0 Å². The smallest absolute Gasteiger partial charge is 0.0401 e. The zero-order chi connectivity index (χ0) is 11.5. The molecule has 0 atom stereocenters. The fourth-order valence-corrected chi connectivity index (χ4v) is 2.39. The first-order chi connectivity index (χ1) is 7.70. The highest BCUT2D eigenvalue weighted by atomic mass is 32.1. The molecule has 0 N–H and O–H groups in total. The standard InChI is InChI=1S/C14H19NS/c1-11-5-6-14-13(8-11)4-3-7-15(14)9-12(2)10-16/h5-6,8,16H,2-4,7,9-10H2,1H3. The summed E-state index contributed by atoms with van der Waals surface area (Å²) < 4.78 is 0. The van der Waals surface area contributed by atoms with Crippen molar-refractivity contribution in [2.24, 2.45) is 0 Å². The second kappa shape index (κ2) is 4.96. The zero-order valence-corrected chi connectivity index (χ0v) is 10.8. The molecule has 0 amide bonds. The van der Waals surface area contributed by atoms with Crippen LogP contribution in [0.3, 0.4) is 0 Å². The van der Waals surface area contributed by atoms with Gasteiger partial charge in [0.15, 0.2) is 0 Å². The number of thiol groups is 1. The first-order valence-electron chi connectivity index (χ1n) is 5.82. The molecule has 1 aromatic rings. The van der Waals surface area contributed by atoms with Crippen LogP contribution in [0.1, 0.15) is 17.5 Å². The molecule has 1 heterocycles. The van der Waals surface area contributed by atoms with Crippen molar-refractivity contribution in [3.05, 3.63) is 41.5 Å². The third-order valence-corrected chi connectivity index (χ3v) is 3.54. The molecular formula is C14H19NS. The van der Waals surface area contributed by atoms with Crippen molar-refractivity contribution in [3.8, 4) is 0 Å². The van der Waals surface area contributed by atoms with Crippen LogP contribution in [-0.4, -0.2) is 18.8 Å². The Labute approximate surface area is 104 Å². The summed E-state index contributed by atoms with van der Waals surface area (Å²) in [5.41, 5.74) is 5.42. The second-order valence-electron chi connectivity index (χ2n) is 4.57. The molecule has 0 saturated heterocycles. The molecule has 16 heavy (non-hydrogen) atoms. The normalized spacial score (nSPS) is 14.8. The summed E-state index contributed by atoms with van der Waals surface area (Å²) in [5.74, 6) is 0.775. The van der Waals surface area contributed by atoms with Crippen LogP contribution >= 0.6 is 12.6 Å². The molecule has 2 rings (SSSR count). The van der Waals surface area contributed by atoms with Crippen molar-refractivity contribution >= 4 is 18.3 Å². The van der Waals surface area contributed by atoms with Crippen LogP contribution in [0, 0.1) is 6.92 Å². The summed E-state index contributed by atoms with van der Waals surface area (Å²) >= 11 is 4.28. The number of fused-ring (bicyclic) bond motifs is 1. The highest BCUT2D eigenvalue weighted by Crippen LogP contribution is 2.28. The summed E-state index contributed by atoms with van der Waals surface area (Å²) in [6, 6.07) is 6.75. The van der Waals surface area contributed by atoms with E-state index >= 15 is 0 Å². The molecule has 0 spiro atoms. The summed E-state index contributed by atoms with van der Waals surface area (Å²) in [5, 5.41) is 0. The minimum Gasteiger partial charge on any atom is -0.367 e. The molecule has 1 aliphatic heterocycles. The first-order valence-corrected chi connectivity index (χ1v) is 6.46. The SMILES string of the molecule is C=C(CS)CN1CCCc2cc(C)ccc21. The van der Waals surface area contributed by atoms with Crippen molar-refractivity contribution in [2.45, 2.75) is 19.8 Å². The van der Waals surface area contributed by atoms with E-state index in [0.717, 1.165) is 18.8 Å². The molecule has 0 aromatic heterocycles. The Kier molecular flexibility index (Phi) is 3.59. The van der Waals surface area contributed by atoms with E-state index < -0.39 is 0 Å². The van der Waals surface area contributed by atoms with Gasteiger partial charge in [-0.1, -0.05) is 24.3 Å². The lowest BCUT2D eigenvalue weighted by molar-refractivity contribution is 0.714. The number of hydrogen-bond donors (Lipinski definition) is 1. The van der Waals surface area contributed by atoms with E-state index in [1.54, 1.807) is 0 Å². The fraction of sp³-hybridized carbons (Fsp3) is 0.429. The average molecular weight is 233 g/mol. The summed E-state index contributed by atoms with van der Waals surface area (Å²) in [6.45, 7) is 8.28. The van der Waals surface area contributed by atoms with Crippen LogP contribution in [0.25, 0.3) is 0 Å². The Morgan fingerprint density at radius 2 is 2.31 bits per heavy atom. The molecule has 0 bridgehead atoms. The van der Waals surface area contributed by atoms with Crippen LogP contribution < -0.4 is 4.90 Å². The van der Waals surface area contributed by atoms with Crippen LogP contribution in [0.4, 0.5) is 5.69 Å². The van der Waals surface area contributed by atoms with Gasteiger partial charge in [0.25, 0.3) is 0 Å². The van der Waals surface area contributed by atoms with Crippen LogP contribution in [0.2, 0.25) is 0 Å². The van der Waals surface area contributed by atoms with E-state index in [4.69, 9.17) is 0 Å². The third kappa shape index (κ3) is 2.43. The number of benzene rings is 1. The highest BCUT2D eigenvalue weighted by molar-refractivity contribution is 7.80. The van der Waals surface area contributed by atoms with E-state index in [-0.39, 0.29) is 0 Å². The second-order valence-corrected chi connectivity index (χ2v) is 4.88. The van der Waals surface area contributed by atoms with Crippen molar-refractivity contribution in [1.29, 1.82) is 0 Å². The summed E-state index contributed by atoms with van der Waals surface area (Å²) in [6.07, 6.45) is 2.46. The number of aryl methyl sites for hydroxylation is 2. The van der Waals surface area contributed by atoms with Gasteiger partial charge in [0.05, 0.1) is 0 Å². The molecule has 0 radical (unpaired) electrons. The monoisotopic (exact) mass is 233 g/mol. The number of hydrogen-bond acceptors (Lipinski definition) is 2. The molecule has 0 aliphatic carbocycles. The van der Waals surface area contributed by atoms with E-state index in [1.807, 2.05) is 0 Å². The lowest BCUT2D eigenvalue weighted by Gasteiger charge is -2.32. The van der Waals surface area contributed by atoms with E-state index in [2.05, 4.69) is 49.2 Å². The van der Waals surface area contributed by atoms with Crippen molar-refractivity contribution in [3.63, 3.8) is 0 Å². The van der Waals surface area contributed by atoms with Crippen molar-refractivity contribution < 1.29 is 0 Å². The molecule has 1 aliphatic rings. The Hall–Kier alpha value is -0.890. The summed E-state index contributed by atoms with van der Waals surface area (Å²) in [4.78, 5) is 2.43. The van der Waals surface area contributed by atoms with E-state index in [9.17, 15) is 0 Å². The Balaban J connectivity index is 2.23. The minimum absolute atomic E-state index is 0.775. The van der Waals surface area contributed by atoms with Gasteiger partial charge in [-0.3, -0.25) is 0 Å². The van der Waals surface area contributed by atoms with Gasteiger partial charge in [-0.25, -0.2) is 0 Å². The van der Waals surface area contributed by atoms with Gasteiger partial charge >= 0.3 is 0 Å². The fourth-order valence-electron chi connectivity index (χ4n) is 2.29. The maximum absolute atomic E-state index is 4.28. The molecule has 2 heteroatoms. The number of rotatable bonds is 3. The van der Waals surface area contributed by atoms with Gasteiger partial charge < -0.3 is 4.90 Å². The lowest BCUT2D eigenvalue weighted by atomic mass is 9.99. The number of anilines is 1. The maximum atomic E-state index is 4.28. The zero-order valence-electron chi connectivity index (χ0n) is 9.87. The molecule has 0 unspecified atom stereocenters. The number of nitrogens with zero attached hydrogens (tertiary/aromatic N) is 1. The topological polar surface area (TPSA) is 3.24 Å². The molecular weight excluding hydrogens is 214 g/mol. The predicted molar refractivity (Wildman–Crippen MR) is 74.7 cm³/mol. The molecule has 86 valence electrons. The third-order valence-electron chi connectivity index (χ3n) is 3.09. The Bertz CT molecular complexity index is 398. The van der Waals surface area contributed by atoms with Gasteiger partial charge in [-0.15, -0.1) is 0 Å². The summed E-state index contributed by atoms with van der Waals surface area (Å²) in [7, 11) is 0. The van der Waals surface area contributed by atoms with Crippen LogP contribution in [-0.2, 0) is 6.42 Å². The van der Waals surface area contributed by atoms with Gasteiger partial charge in [-0.2, -0.15) is 12.6 Å². The Morgan fingerprint density at radius 1 is 1.50 bits per heavy atom. The largest absolute Gasteiger partial charge is 0.367 e. The van der Waals surface area contributed by atoms with Gasteiger partial charge in [0.2, 0.25) is 0 Å².